The van der Waals surface area contributed by atoms with E-state index in [1.54, 1.807) is 17.6 Å². The lowest BCUT2D eigenvalue weighted by atomic mass is 10.2. The van der Waals surface area contributed by atoms with Crippen LogP contribution in [0.2, 0.25) is 0 Å². The van der Waals surface area contributed by atoms with Crippen LogP contribution in [-0.2, 0) is 6.54 Å². The first-order chi connectivity index (χ1) is 12.7. The van der Waals surface area contributed by atoms with E-state index in [0.717, 1.165) is 48.6 Å². The minimum Gasteiger partial charge on any atom is -0.468 e. The van der Waals surface area contributed by atoms with Gasteiger partial charge >= 0.3 is 0 Å². The van der Waals surface area contributed by atoms with E-state index in [0.29, 0.717) is 6.54 Å². The van der Waals surface area contributed by atoms with Crippen molar-refractivity contribution in [1.82, 2.24) is 20.5 Å². The van der Waals surface area contributed by atoms with Crippen LogP contribution in [-0.4, -0.2) is 42.0 Å². The Morgan fingerprint density at radius 3 is 2.70 bits per heavy atom. The molecule has 2 aromatic heterocycles. The third-order valence-corrected chi connectivity index (χ3v) is 5.70. The van der Waals surface area contributed by atoms with E-state index >= 15 is 0 Å². The number of likely N-dealkylation sites (tertiary alicyclic amines) is 1. The van der Waals surface area contributed by atoms with Gasteiger partial charge < -0.3 is 15.1 Å². The van der Waals surface area contributed by atoms with Crippen molar-refractivity contribution in [3.63, 3.8) is 0 Å². The largest absolute Gasteiger partial charge is 0.468 e. The van der Waals surface area contributed by atoms with Gasteiger partial charge in [-0.2, -0.15) is 0 Å². The molecule has 1 saturated heterocycles. The van der Waals surface area contributed by atoms with Crippen LogP contribution < -0.4 is 10.6 Å². The van der Waals surface area contributed by atoms with E-state index in [1.807, 2.05) is 13.0 Å². The minimum atomic E-state index is 0. The third kappa shape index (κ3) is 6.18. The summed E-state index contributed by atoms with van der Waals surface area (Å²) in [7, 11) is 0. The summed E-state index contributed by atoms with van der Waals surface area (Å²) < 4.78 is 5.70. The van der Waals surface area contributed by atoms with Crippen LogP contribution >= 0.6 is 35.3 Å². The molecule has 2 aromatic rings. The molecule has 0 spiro atoms. The second-order valence-electron chi connectivity index (χ2n) is 6.59. The fourth-order valence-electron chi connectivity index (χ4n) is 3.35. The van der Waals surface area contributed by atoms with Crippen molar-refractivity contribution in [2.24, 2.45) is 4.99 Å². The summed E-state index contributed by atoms with van der Waals surface area (Å²) >= 11 is 1.72. The summed E-state index contributed by atoms with van der Waals surface area (Å²) in [6.45, 7) is 10.7. The zero-order valence-corrected chi connectivity index (χ0v) is 19.5. The zero-order chi connectivity index (χ0) is 18.4. The van der Waals surface area contributed by atoms with Gasteiger partial charge in [0.05, 0.1) is 29.6 Å². The Bertz CT molecular complexity index is 710. The Hall–Kier alpha value is -1.13. The molecule has 1 aliphatic rings. The van der Waals surface area contributed by atoms with Gasteiger partial charge in [-0.25, -0.2) is 9.98 Å². The molecule has 1 aliphatic heterocycles. The summed E-state index contributed by atoms with van der Waals surface area (Å²) in [4.78, 5) is 13.0. The molecule has 1 atom stereocenters. The van der Waals surface area contributed by atoms with Crippen molar-refractivity contribution < 1.29 is 4.42 Å². The van der Waals surface area contributed by atoms with Crippen LogP contribution in [0, 0.1) is 13.8 Å². The van der Waals surface area contributed by atoms with Gasteiger partial charge in [-0.1, -0.05) is 0 Å². The first-order valence-electron chi connectivity index (χ1n) is 9.40. The van der Waals surface area contributed by atoms with E-state index < -0.39 is 0 Å². The highest BCUT2D eigenvalue weighted by Crippen LogP contribution is 2.25. The van der Waals surface area contributed by atoms with Gasteiger partial charge in [0.2, 0.25) is 0 Å². The van der Waals surface area contributed by atoms with Gasteiger partial charge in [-0.15, -0.1) is 35.3 Å². The number of halogens is 1. The molecule has 3 heterocycles. The molecule has 0 radical (unpaired) electrons. The normalized spacial score (nSPS) is 16.2. The summed E-state index contributed by atoms with van der Waals surface area (Å²) in [5, 5.41) is 7.94. The first kappa shape index (κ1) is 22.2. The van der Waals surface area contributed by atoms with Crippen LogP contribution in [0.3, 0.4) is 0 Å². The lowest BCUT2D eigenvalue weighted by molar-refractivity contribution is 0.215. The summed E-state index contributed by atoms with van der Waals surface area (Å²) in [5.74, 6) is 1.86. The highest BCUT2D eigenvalue weighted by Gasteiger charge is 2.25. The van der Waals surface area contributed by atoms with Crippen LogP contribution in [0.4, 0.5) is 0 Å². The number of hydrogen-bond donors (Lipinski definition) is 2. The number of aliphatic imine (C=N–C) groups is 1. The van der Waals surface area contributed by atoms with Crippen molar-refractivity contribution in [2.45, 2.75) is 46.2 Å². The van der Waals surface area contributed by atoms with Crippen molar-refractivity contribution in [2.75, 3.05) is 26.2 Å². The van der Waals surface area contributed by atoms with Gasteiger partial charge in [0.1, 0.15) is 5.76 Å². The summed E-state index contributed by atoms with van der Waals surface area (Å²) in [6.07, 6.45) is 4.28. The minimum absolute atomic E-state index is 0. The average Bonchev–Trinajstić information content (AvgIpc) is 3.36. The quantitative estimate of drug-likeness (QED) is 0.341. The third-order valence-electron chi connectivity index (χ3n) is 4.64. The second kappa shape index (κ2) is 11.0. The molecule has 8 heteroatoms. The zero-order valence-electron chi connectivity index (χ0n) is 16.3. The number of aromatic nitrogens is 1. The van der Waals surface area contributed by atoms with E-state index in [-0.39, 0.29) is 30.0 Å². The monoisotopic (exact) mass is 503 g/mol. The molecular weight excluding hydrogens is 473 g/mol. The van der Waals surface area contributed by atoms with Crippen LogP contribution in [0.15, 0.2) is 27.8 Å². The molecule has 1 fully saturated rings. The Balaban J connectivity index is 0.00000261. The topological polar surface area (TPSA) is 65.7 Å². The van der Waals surface area contributed by atoms with Gasteiger partial charge in [0.25, 0.3) is 0 Å². The molecule has 3 rings (SSSR count). The molecular formula is C19H30IN5OS. The molecule has 1 unspecified atom stereocenters. The van der Waals surface area contributed by atoms with E-state index in [4.69, 9.17) is 9.41 Å². The number of guanidine groups is 1. The first-order valence-corrected chi connectivity index (χ1v) is 10.2. The molecule has 6 nitrogen and oxygen atoms in total. The maximum Gasteiger partial charge on any atom is 0.191 e. The number of aryl methyl sites for hydroxylation is 2. The predicted octanol–water partition coefficient (Wildman–Crippen LogP) is 3.86. The molecule has 150 valence electrons. The van der Waals surface area contributed by atoms with Gasteiger partial charge in [-0.05, 0) is 58.8 Å². The van der Waals surface area contributed by atoms with Crippen LogP contribution in [0.5, 0.6) is 0 Å². The van der Waals surface area contributed by atoms with Crippen LogP contribution in [0.25, 0.3) is 0 Å². The molecule has 2 N–H and O–H groups in total. The number of hydrogen-bond acceptors (Lipinski definition) is 5. The van der Waals surface area contributed by atoms with Crippen molar-refractivity contribution >= 4 is 41.3 Å². The number of thiazole rings is 1. The smallest absolute Gasteiger partial charge is 0.191 e. The number of rotatable bonds is 7. The Kier molecular flexibility index (Phi) is 9.04. The lowest BCUT2D eigenvalue weighted by Crippen LogP contribution is -2.42. The van der Waals surface area contributed by atoms with Crippen molar-refractivity contribution in [3.8, 4) is 0 Å². The van der Waals surface area contributed by atoms with Crippen molar-refractivity contribution in [3.05, 3.63) is 39.7 Å². The number of nitrogens with one attached hydrogen (secondary N) is 2. The van der Waals surface area contributed by atoms with E-state index in [9.17, 15) is 0 Å². The van der Waals surface area contributed by atoms with Gasteiger partial charge in [0, 0.05) is 18.0 Å². The molecule has 27 heavy (non-hydrogen) atoms. The highest BCUT2D eigenvalue weighted by molar-refractivity contribution is 14.0. The van der Waals surface area contributed by atoms with Crippen LogP contribution in [0.1, 0.15) is 47.1 Å². The van der Waals surface area contributed by atoms with Gasteiger partial charge in [-0.3, -0.25) is 4.90 Å². The number of furan rings is 1. The average molecular weight is 503 g/mol. The second-order valence-corrected chi connectivity index (χ2v) is 7.88. The molecule has 0 aliphatic carbocycles. The predicted molar refractivity (Wildman–Crippen MR) is 122 cm³/mol. The molecule has 0 bridgehead atoms. The highest BCUT2D eigenvalue weighted by atomic mass is 127. The molecule has 0 amide bonds. The fraction of sp³-hybridized carbons (Fsp3) is 0.579. The lowest BCUT2D eigenvalue weighted by Gasteiger charge is -2.26. The summed E-state index contributed by atoms with van der Waals surface area (Å²) in [5.41, 5.74) is 1.08. The molecule has 0 saturated carbocycles. The summed E-state index contributed by atoms with van der Waals surface area (Å²) in [6, 6.07) is 4.27. The SMILES string of the molecule is CCNC(=NCc1sc(C)nc1C)NCC(c1ccco1)N1CCCC1.I. The van der Waals surface area contributed by atoms with E-state index in [2.05, 4.69) is 40.4 Å². The number of nitrogens with zero attached hydrogens (tertiary/aromatic N) is 3. The standard InChI is InChI=1S/C19H29N5OS.HI/c1-4-20-19(22-13-18-14(2)23-15(3)26-18)21-12-16(17-8-7-11-25-17)24-9-5-6-10-24;/h7-8,11,16H,4-6,9-10,12-13H2,1-3H3,(H2,20,21,22);1H. The fourth-order valence-corrected chi connectivity index (χ4v) is 4.21. The van der Waals surface area contributed by atoms with Gasteiger partial charge in [0.15, 0.2) is 5.96 Å². The Morgan fingerprint density at radius 2 is 2.11 bits per heavy atom. The maximum absolute atomic E-state index is 5.70. The molecule has 0 aromatic carbocycles. The Labute approximate surface area is 182 Å². The van der Waals surface area contributed by atoms with E-state index in [1.165, 1.54) is 17.7 Å². The maximum atomic E-state index is 5.70. The Morgan fingerprint density at radius 1 is 1.33 bits per heavy atom. The van der Waals surface area contributed by atoms with Crippen molar-refractivity contribution in [1.29, 1.82) is 0 Å².